The maximum Gasteiger partial charge on any atom is 0.175 e. The van der Waals surface area contributed by atoms with Crippen LogP contribution in [0.4, 0.5) is 0 Å². The third kappa shape index (κ3) is 6.24. The number of Topliss-reactive ketones (excluding diaryl/α,β-unsaturated/α-hetero) is 4. The van der Waals surface area contributed by atoms with Crippen molar-refractivity contribution >= 4 is 86.9 Å². The first kappa shape index (κ1) is 29.4. The van der Waals surface area contributed by atoms with Crippen LogP contribution in [0.1, 0.15) is 27.7 Å². The van der Waals surface area contributed by atoms with Crippen LogP contribution in [-0.2, 0) is 19.2 Å². The molecule has 0 amide bonds. The number of halogens is 4. The van der Waals surface area contributed by atoms with E-state index in [4.69, 9.17) is 0 Å². The average Bonchev–Trinajstić information content (AvgIpc) is 2.64. The summed E-state index contributed by atoms with van der Waals surface area (Å²) in [6.07, 6.45) is -9.79. The van der Waals surface area contributed by atoms with Gasteiger partial charge in [-0.1, -0.05) is 63.7 Å². The molecule has 0 saturated carbocycles. The molecule has 4 N–H and O–H groups in total. The van der Waals surface area contributed by atoms with Gasteiger partial charge in [-0.25, -0.2) is 0 Å². The third-order valence-corrected chi connectivity index (χ3v) is 6.35. The lowest BCUT2D eigenvalue weighted by atomic mass is 9.62. The zero-order chi connectivity index (χ0) is 23.4. The molecule has 8 atom stereocenters. The molecule has 12 heteroatoms. The fourth-order valence-electron chi connectivity index (χ4n) is 2.75. The third-order valence-electron chi connectivity index (χ3n) is 4.54. The fourth-order valence-corrected chi connectivity index (χ4v) is 3.75. The summed E-state index contributed by atoms with van der Waals surface area (Å²) in [6.45, 7) is 5.28. The molecule has 29 heavy (non-hydrogen) atoms. The van der Waals surface area contributed by atoms with E-state index in [9.17, 15) is 39.6 Å². The molecule has 8 nitrogen and oxygen atoms in total. The summed E-state index contributed by atoms with van der Waals surface area (Å²) in [4.78, 5) is 46.1. The molecule has 0 aliphatic carbocycles. The quantitative estimate of drug-likeness (QED) is 0.223. The summed E-state index contributed by atoms with van der Waals surface area (Å²) in [5, 5.41) is 43.4. The van der Waals surface area contributed by atoms with Gasteiger partial charge < -0.3 is 20.4 Å². The molecule has 0 aliphatic heterocycles. The van der Waals surface area contributed by atoms with Gasteiger partial charge in [0, 0.05) is 0 Å². The Morgan fingerprint density at radius 1 is 0.517 bits per heavy atom. The minimum Gasteiger partial charge on any atom is -0.384 e. The zero-order valence-electron chi connectivity index (χ0n) is 16.1. The van der Waals surface area contributed by atoms with E-state index in [1.54, 1.807) is 0 Å². The van der Waals surface area contributed by atoms with E-state index in [0.29, 0.717) is 0 Å². The van der Waals surface area contributed by atoms with E-state index in [2.05, 4.69) is 63.7 Å². The Morgan fingerprint density at radius 2 is 0.655 bits per heavy atom. The number of carbonyl (C=O) groups is 4. The van der Waals surface area contributed by atoms with E-state index < -0.39 is 72.3 Å². The standard InChI is InChI=1S/C17H24Br4O8/c1-5(18)9(22)13(26)17(14(27)10(23)6(2)19,15(28)11(24)7(3)20)16(29)12(25)8(4)21/h5-8,13-16,26-29H,1-4H3. The Morgan fingerprint density at radius 3 is 0.759 bits per heavy atom. The van der Waals surface area contributed by atoms with E-state index in [0.717, 1.165) is 0 Å². The Bertz CT molecular complexity index is 525. The van der Waals surface area contributed by atoms with Crippen LogP contribution in [0.2, 0.25) is 0 Å². The van der Waals surface area contributed by atoms with Gasteiger partial charge >= 0.3 is 0 Å². The molecule has 168 valence electrons. The Kier molecular flexibility index (Phi) is 12.1. The Hall–Kier alpha value is 0.440. The van der Waals surface area contributed by atoms with Crippen LogP contribution in [0.5, 0.6) is 0 Å². The highest BCUT2D eigenvalue weighted by atomic mass is 79.9. The minimum atomic E-state index is -2.95. The predicted octanol–water partition coefficient (Wildman–Crippen LogP) is 0.826. The van der Waals surface area contributed by atoms with Crippen molar-refractivity contribution < 1.29 is 39.6 Å². The van der Waals surface area contributed by atoms with Gasteiger partial charge in [0.1, 0.15) is 29.8 Å². The second-order valence-corrected chi connectivity index (χ2v) is 12.2. The molecule has 0 aromatic rings. The van der Waals surface area contributed by atoms with Gasteiger partial charge in [0.2, 0.25) is 0 Å². The van der Waals surface area contributed by atoms with Crippen LogP contribution in [0.3, 0.4) is 0 Å². The first-order valence-corrected chi connectivity index (χ1v) is 12.2. The van der Waals surface area contributed by atoms with Crippen LogP contribution in [0.25, 0.3) is 0 Å². The molecular weight excluding hydrogens is 652 g/mol. The highest BCUT2D eigenvalue weighted by molar-refractivity contribution is 9.10. The maximum atomic E-state index is 12.6. The average molecular weight is 676 g/mol. The molecule has 0 spiro atoms. The first-order chi connectivity index (χ1) is 13.1. The predicted molar refractivity (Wildman–Crippen MR) is 120 cm³/mol. The number of alkyl halides is 4. The summed E-state index contributed by atoms with van der Waals surface area (Å²) in [6, 6.07) is 0. The topological polar surface area (TPSA) is 149 Å². The molecule has 0 saturated heterocycles. The monoisotopic (exact) mass is 672 g/mol. The second-order valence-electron chi connectivity index (χ2n) is 6.68. The van der Waals surface area contributed by atoms with E-state index >= 15 is 0 Å². The van der Waals surface area contributed by atoms with Crippen LogP contribution < -0.4 is 0 Å². The zero-order valence-corrected chi connectivity index (χ0v) is 22.4. The Balaban J connectivity index is 7.10. The van der Waals surface area contributed by atoms with E-state index in [1.165, 1.54) is 27.7 Å². The lowest BCUT2D eigenvalue weighted by molar-refractivity contribution is -0.199. The van der Waals surface area contributed by atoms with Crippen molar-refractivity contribution in [2.45, 2.75) is 71.4 Å². The lowest BCUT2D eigenvalue weighted by Crippen LogP contribution is -2.70. The van der Waals surface area contributed by atoms with Crippen molar-refractivity contribution in [1.29, 1.82) is 0 Å². The van der Waals surface area contributed by atoms with E-state index in [-0.39, 0.29) is 0 Å². The van der Waals surface area contributed by atoms with Crippen molar-refractivity contribution in [3.05, 3.63) is 0 Å². The number of rotatable bonds is 12. The van der Waals surface area contributed by atoms with Gasteiger partial charge in [-0.2, -0.15) is 0 Å². The molecular formula is C17H24Br4O8. The second kappa shape index (κ2) is 11.9. The largest absolute Gasteiger partial charge is 0.384 e. The minimum absolute atomic E-state index is 1.05. The van der Waals surface area contributed by atoms with E-state index in [1.807, 2.05) is 0 Å². The van der Waals surface area contributed by atoms with Crippen LogP contribution in [-0.4, -0.2) is 87.3 Å². The van der Waals surface area contributed by atoms with Gasteiger partial charge in [0.15, 0.2) is 23.1 Å². The Labute approximate surface area is 202 Å². The van der Waals surface area contributed by atoms with Gasteiger partial charge in [-0.3, -0.25) is 19.2 Å². The van der Waals surface area contributed by atoms with Crippen molar-refractivity contribution in [3.8, 4) is 0 Å². The fraction of sp³-hybridized carbons (Fsp3) is 0.765. The molecule has 8 unspecified atom stereocenters. The number of hydrogen-bond donors (Lipinski definition) is 4. The molecule has 0 heterocycles. The van der Waals surface area contributed by atoms with Crippen LogP contribution in [0.15, 0.2) is 0 Å². The molecule has 0 radical (unpaired) electrons. The van der Waals surface area contributed by atoms with Crippen LogP contribution in [0, 0.1) is 5.41 Å². The van der Waals surface area contributed by atoms with Gasteiger partial charge in [-0.15, -0.1) is 0 Å². The molecule has 0 rings (SSSR count). The normalized spacial score (nSPS) is 22.2. The summed E-state index contributed by atoms with van der Waals surface area (Å²) >= 11 is 11.8. The number of aliphatic hydroxyl groups is 4. The van der Waals surface area contributed by atoms with Gasteiger partial charge in [0.25, 0.3) is 0 Å². The summed E-state index contributed by atoms with van der Waals surface area (Å²) in [5.74, 6) is -4.21. The smallest absolute Gasteiger partial charge is 0.175 e. The summed E-state index contributed by atoms with van der Waals surface area (Å²) in [7, 11) is 0. The number of hydrogen-bond acceptors (Lipinski definition) is 8. The van der Waals surface area contributed by atoms with Crippen molar-refractivity contribution in [1.82, 2.24) is 0 Å². The summed E-state index contributed by atoms with van der Waals surface area (Å²) in [5.41, 5.74) is -2.95. The first-order valence-electron chi connectivity index (χ1n) is 8.50. The maximum absolute atomic E-state index is 12.6. The summed E-state index contributed by atoms with van der Waals surface area (Å²) < 4.78 is 0. The SMILES string of the molecule is CC(Br)C(=O)C(O)C(C(O)C(=O)C(C)Br)(C(O)C(=O)C(C)Br)C(O)C(=O)C(C)Br. The van der Waals surface area contributed by atoms with Gasteiger partial charge in [0.05, 0.1) is 19.3 Å². The van der Waals surface area contributed by atoms with Gasteiger partial charge in [-0.05, 0) is 27.7 Å². The molecule has 0 aliphatic rings. The van der Waals surface area contributed by atoms with Crippen molar-refractivity contribution in [2.75, 3.05) is 0 Å². The van der Waals surface area contributed by atoms with Crippen LogP contribution >= 0.6 is 63.7 Å². The molecule has 0 aromatic heterocycles. The van der Waals surface area contributed by atoms with Crippen molar-refractivity contribution in [2.24, 2.45) is 5.41 Å². The highest BCUT2D eigenvalue weighted by Gasteiger charge is 2.64. The lowest BCUT2D eigenvalue weighted by Gasteiger charge is -2.46. The molecule has 0 fully saturated rings. The van der Waals surface area contributed by atoms with Crippen molar-refractivity contribution in [3.63, 3.8) is 0 Å². The number of ketones is 4. The molecule has 0 bridgehead atoms. The number of aliphatic hydroxyl groups excluding tert-OH is 4. The molecule has 0 aromatic carbocycles. The highest BCUT2D eigenvalue weighted by Crippen LogP contribution is 2.41. The number of carbonyl (C=O) groups excluding carboxylic acids is 4.